The normalized spacial score (nSPS) is 16.1. The van der Waals surface area contributed by atoms with Gasteiger partial charge in [0.15, 0.2) is 13.2 Å². The Morgan fingerprint density at radius 1 is 0.358 bits per heavy atom. The Morgan fingerprint density at radius 2 is 0.624 bits per heavy atom. The zero-order chi connectivity index (χ0) is 78.8. The van der Waals surface area contributed by atoms with Crippen LogP contribution in [0.2, 0.25) is 0 Å². The van der Waals surface area contributed by atoms with Gasteiger partial charge in [-0.2, -0.15) is 0 Å². The second-order valence-corrected chi connectivity index (χ2v) is 25.8. The summed E-state index contributed by atoms with van der Waals surface area (Å²) in [6.45, 7) is -2.18. The summed E-state index contributed by atoms with van der Waals surface area (Å²) < 4.78 is 23.5. The molecule has 0 radical (unpaired) electrons. The topological polar surface area (TPSA) is 478 Å². The van der Waals surface area contributed by atoms with Gasteiger partial charge in [-0.3, -0.25) is 118 Å². The number of hydrogen-bond acceptors (Lipinski definition) is 24. The number of amides is 4. The van der Waals surface area contributed by atoms with Crippen molar-refractivity contribution in [3.05, 3.63) is 143 Å². The number of nitrogens with zero attached hydrogens (tertiary/aromatic N) is 8. The first-order valence-electron chi connectivity index (χ1n) is 34.6. The number of carboxylic acid groups (broad SMARTS) is 8. The number of hydrazine groups is 2. The van der Waals surface area contributed by atoms with E-state index in [-0.39, 0.29) is 169 Å². The van der Waals surface area contributed by atoms with Crippen molar-refractivity contribution in [3.8, 4) is 23.0 Å². The maximum Gasteiger partial charge on any atom is 0.325 e. The molecule has 12 N–H and O–H groups in total. The van der Waals surface area contributed by atoms with Crippen molar-refractivity contribution < 1.29 is 117 Å². The minimum Gasteiger partial charge on any atom is -0.496 e. The van der Waals surface area contributed by atoms with Crippen LogP contribution < -0.4 is 40.7 Å². The van der Waals surface area contributed by atoms with Crippen LogP contribution in [-0.4, -0.2) is 323 Å². The van der Waals surface area contributed by atoms with Gasteiger partial charge in [-0.25, -0.2) is 0 Å². The first-order valence-corrected chi connectivity index (χ1v) is 34.6. The van der Waals surface area contributed by atoms with Crippen LogP contribution in [0.5, 0.6) is 23.0 Å². The minimum atomic E-state index is -1.32. The van der Waals surface area contributed by atoms with E-state index in [0.29, 0.717) is 32.7 Å². The van der Waals surface area contributed by atoms with Gasteiger partial charge in [-0.05, 0) is 69.1 Å². The number of carbonyl (C=O) groups is 12. The van der Waals surface area contributed by atoms with E-state index in [9.17, 15) is 98.4 Å². The average Bonchev–Trinajstić information content (AvgIpc) is 0.756. The standard InChI is InChI=1S/C73H88N12O24/c1-106-68-54(52-9-5-3-7-48(52)35-56(68)70(100)76-74-58(86)44-108-50-15-11-46(12-16-50)66(72(102)103)84-31-27-80(40-62(92)93)23-19-78(38-60(88)89)20-24-81(28-32-84)41-63(94)95)37-55-53-10-6-4-8-49(53)36-57(69(55)107-2)71(101)77-75-59(87)45-109-51-17-13-47(14-18-51)67(73(104)105)85-33-29-82(42-64(96)97)25-21-79(39-61(90)91)22-26-83(30-34-85)43-65(98)99/h3-18,35-36,66-67H,19-34,37-45H2,1-2H3,(H,74,86)(H,75,87)(H,76,100)(H,77,101)(H,88,89)(H,90,91)(H,92,93)(H,94,95)(H,96,97)(H,98,99)(H,102,103)(H,104,105). The molecule has 2 aliphatic rings. The number of rotatable bonds is 30. The van der Waals surface area contributed by atoms with Gasteiger partial charge in [-0.1, -0.05) is 72.8 Å². The smallest absolute Gasteiger partial charge is 0.325 e. The van der Waals surface area contributed by atoms with E-state index in [1.54, 1.807) is 87.7 Å². The molecule has 0 saturated carbocycles. The van der Waals surface area contributed by atoms with Crippen LogP contribution in [0.1, 0.15) is 55.1 Å². The summed E-state index contributed by atoms with van der Waals surface area (Å²) in [6, 6.07) is 26.4. The number of fused-ring (bicyclic) bond motifs is 2. The highest BCUT2D eigenvalue weighted by molar-refractivity contribution is 6.06. The maximum absolute atomic E-state index is 14.3. The van der Waals surface area contributed by atoms with Crippen LogP contribution in [0.25, 0.3) is 21.5 Å². The Bertz CT molecular complexity index is 3930. The van der Waals surface area contributed by atoms with E-state index in [0.717, 1.165) is 0 Å². The molecule has 6 aromatic carbocycles. The van der Waals surface area contributed by atoms with Crippen LogP contribution in [-0.2, 0) is 54.4 Å². The molecule has 6 aromatic rings. The highest BCUT2D eigenvalue weighted by atomic mass is 16.5. The number of benzene rings is 6. The molecule has 0 bridgehead atoms. The van der Waals surface area contributed by atoms with Gasteiger partial charge in [0.25, 0.3) is 23.6 Å². The largest absolute Gasteiger partial charge is 0.496 e. The fourth-order valence-corrected chi connectivity index (χ4v) is 13.1. The number of aliphatic carboxylic acids is 8. The number of ether oxygens (including phenoxy) is 4. The predicted octanol–water partition coefficient (Wildman–Crippen LogP) is 0.483. The number of hydrogen-bond donors (Lipinski definition) is 12. The molecule has 2 atom stereocenters. The Kier molecular flexibility index (Phi) is 30.7. The highest BCUT2D eigenvalue weighted by Crippen LogP contribution is 2.40. The minimum absolute atomic E-state index is 0.0112. The lowest BCUT2D eigenvalue weighted by Gasteiger charge is -2.35. The molecule has 36 heteroatoms. The number of methoxy groups -OCH3 is 2. The molecule has 109 heavy (non-hydrogen) atoms. The van der Waals surface area contributed by atoms with E-state index in [1.165, 1.54) is 62.8 Å². The molecule has 36 nitrogen and oxygen atoms in total. The number of nitrogens with one attached hydrogen (secondary N) is 4. The second-order valence-electron chi connectivity index (χ2n) is 25.8. The van der Waals surface area contributed by atoms with E-state index >= 15 is 0 Å². The highest BCUT2D eigenvalue weighted by Gasteiger charge is 2.33. The van der Waals surface area contributed by atoms with Crippen LogP contribution in [0.15, 0.2) is 109 Å². The Labute approximate surface area is 624 Å². The summed E-state index contributed by atoms with van der Waals surface area (Å²) in [5.74, 6) is -12.1. The molecule has 584 valence electrons. The van der Waals surface area contributed by atoms with Gasteiger partial charge in [0.05, 0.1) is 64.6 Å². The molecule has 0 spiro atoms. The molecular formula is C73H88N12O24. The molecule has 0 aliphatic carbocycles. The van der Waals surface area contributed by atoms with E-state index in [1.807, 2.05) is 12.1 Å². The molecule has 2 heterocycles. The van der Waals surface area contributed by atoms with Crippen LogP contribution in [0, 0.1) is 0 Å². The number of carboxylic acids is 8. The van der Waals surface area contributed by atoms with Crippen LogP contribution in [0.3, 0.4) is 0 Å². The summed E-state index contributed by atoms with van der Waals surface area (Å²) in [4.78, 5) is 165. The zero-order valence-electron chi connectivity index (χ0n) is 59.9. The summed E-state index contributed by atoms with van der Waals surface area (Å²) in [7, 11) is 2.71. The lowest BCUT2D eigenvalue weighted by atomic mass is 9.90. The van der Waals surface area contributed by atoms with Gasteiger partial charge in [0, 0.05) is 122 Å². The molecule has 2 unspecified atom stereocenters. The lowest BCUT2D eigenvalue weighted by Crippen LogP contribution is -2.49. The van der Waals surface area contributed by atoms with Crippen molar-refractivity contribution in [2.24, 2.45) is 0 Å². The third-order valence-corrected chi connectivity index (χ3v) is 18.3. The quantitative estimate of drug-likeness (QED) is 0.0273. The third kappa shape index (κ3) is 24.7. The van der Waals surface area contributed by atoms with Gasteiger partial charge in [-0.15, -0.1) is 0 Å². The van der Waals surface area contributed by atoms with Gasteiger partial charge < -0.3 is 59.8 Å². The summed E-state index contributed by atoms with van der Waals surface area (Å²) >= 11 is 0. The average molecular weight is 1520 g/mol. The SMILES string of the molecule is COc1c(C(=O)NNC(=O)COc2ccc(C(C(=O)O)N3CCN(CC(=O)O)CCN(CC(=O)O)CCN(CC(=O)O)CC3)cc2)cc2ccccc2c1Cc1c(OC)c(C(=O)NNC(=O)COc2ccc(C(C(=O)O)N3CCN(CC(=O)O)CCN(CC(=O)O)CCN(CC(=O)O)CC3)cc2)cc2ccccc12. The van der Waals surface area contributed by atoms with Gasteiger partial charge in [0.2, 0.25) is 0 Å². The first kappa shape index (κ1) is 83.0. The number of carbonyl (C=O) groups excluding carboxylic acids is 4. The Hall–Kier alpha value is -11.6. The molecule has 8 rings (SSSR count). The van der Waals surface area contributed by atoms with E-state index < -0.39 is 123 Å². The summed E-state index contributed by atoms with van der Waals surface area (Å²) in [5.41, 5.74) is 11.0. The van der Waals surface area contributed by atoms with Crippen LogP contribution in [0.4, 0.5) is 0 Å². The molecule has 4 amide bonds. The van der Waals surface area contributed by atoms with Crippen molar-refractivity contribution in [3.63, 3.8) is 0 Å². The van der Waals surface area contributed by atoms with E-state index in [4.69, 9.17) is 18.9 Å². The predicted molar refractivity (Wildman–Crippen MR) is 387 cm³/mol. The molecule has 2 saturated heterocycles. The monoisotopic (exact) mass is 1520 g/mol. The molecule has 2 aliphatic heterocycles. The summed E-state index contributed by atoms with van der Waals surface area (Å²) in [6.07, 6.45) is -0.0231. The second kappa shape index (κ2) is 40.4. The van der Waals surface area contributed by atoms with Crippen molar-refractivity contribution in [2.45, 2.75) is 18.5 Å². The fourth-order valence-electron chi connectivity index (χ4n) is 13.1. The summed E-state index contributed by atoms with van der Waals surface area (Å²) in [5, 5.41) is 81.5. The fraction of sp³-hybridized carbons (Fsp3) is 0.397. The lowest BCUT2D eigenvalue weighted by molar-refractivity contribution is -0.145. The van der Waals surface area contributed by atoms with Crippen molar-refractivity contribution in [1.29, 1.82) is 0 Å². The van der Waals surface area contributed by atoms with Gasteiger partial charge in [0.1, 0.15) is 35.1 Å². The molecular weight excluding hydrogens is 1430 g/mol. The van der Waals surface area contributed by atoms with Crippen molar-refractivity contribution in [2.75, 3.05) is 171 Å². The maximum atomic E-state index is 14.3. The third-order valence-electron chi connectivity index (χ3n) is 18.3. The van der Waals surface area contributed by atoms with Crippen molar-refractivity contribution >= 4 is 92.9 Å². The van der Waals surface area contributed by atoms with Crippen molar-refractivity contribution in [1.82, 2.24) is 60.9 Å². The zero-order valence-corrected chi connectivity index (χ0v) is 59.9. The Balaban J connectivity index is 0.917. The van der Waals surface area contributed by atoms with E-state index in [2.05, 4.69) is 21.7 Å². The molecule has 0 aromatic heterocycles. The van der Waals surface area contributed by atoms with Crippen LogP contribution >= 0.6 is 0 Å². The Morgan fingerprint density at radius 3 is 0.881 bits per heavy atom. The molecule has 2 fully saturated rings. The first-order chi connectivity index (χ1) is 52.2. The van der Waals surface area contributed by atoms with Gasteiger partial charge >= 0.3 is 47.8 Å².